The van der Waals surface area contributed by atoms with E-state index in [4.69, 9.17) is 9.47 Å². The van der Waals surface area contributed by atoms with E-state index in [-0.39, 0.29) is 29.9 Å². The molecule has 4 N–H and O–H groups in total. The summed E-state index contributed by atoms with van der Waals surface area (Å²) in [7, 11) is 0. The summed E-state index contributed by atoms with van der Waals surface area (Å²) in [5.74, 6) is -0.600. The van der Waals surface area contributed by atoms with Gasteiger partial charge in [-0.25, -0.2) is 13.2 Å². The largest absolute Gasteiger partial charge is 0.488 e. The van der Waals surface area contributed by atoms with Crippen LogP contribution in [0.3, 0.4) is 0 Å². The van der Waals surface area contributed by atoms with Crippen LogP contribution in [0.1, 0.15) is 21.6 Å². The number of ether oxygens (including phenoxy) is 2. The summed E-state index contributed by atoms with van der Waals surface area (Å²) in [6, 6.07) is 5.83. The molecule has 2 aromatic heterocycles. The van der Waals surface area contributed by atoms with Gasteiger partial charge in [-0.15, -0.1) is 0 Å². The zero-order valence-corrected chi connectivity index (χ0v) is 19.4. The number of benzene rings is 1. The van der Waals surface area contributed by atoms with Gasteiger partial charge in [-0.3, -0.25) is 9.78 Å². The number of fused-ring (bicyclic) bond motifs is 1. The van der Waals surface area contributed by atoms with Crippen molar-refractivity contribution in [3.63, 3.8) is 0 Å². The number of aromatic amines is 1. The third-order valence-electron chi connectivity index (χ3n) is 6.19. The number of amides is 1. The molecule has 8 nitrogen and oxygen atoms in total. The molecule has 0 radical (unpaired) electrons. The van der Waals surface area contributed by atoms with Crippen LogP contribution in [0.4, 0.5) is 24.5 Å². The van der Waals surface area contributed by atoms with Crippen LogP contribution in [0.5, 0.6) is 5.75 Å². The second-order valence-corrected chi connectivity index (χ2v) is 8.60. The van der Waals surface area contributed by atoms with Gasteiger partial charge < -0.3 is 30.4 Å². The van der Waals surface area contributed by atoms with Gasteiger partial charge >= 0.3 is 0 Å². The molecule has 0 bridgehead atoms. The first-order valence-corrected chi connectivity index (χ1v) is 11.8. The number of nitrogens with one attached hydrogen (secondary N) is 4. The highest BCUT2D eigenvalue weighted by Crippen LogP contribution is 2.41. The highest BCUT2D eigenvalue weighted by atomic mass is 19.3. The number of morpholine rings is 1. The van der Waals surface area contributed by atoms with Crippen LogP contribution in [0.25, 0.3) is 11.3 Å². The van der Waals surface area contributed by atoms with E-state index in [2.05, 4.69) is 25.9 Å². The summed E-state index contributed by atoms with van der Waals surface area (Å²) in [6.45, 7) is 2.78. The molecule has 4 heterocycles. The lowest BCUT2D eigenvalue weighted by Crippen LogP contribution is -2.41. The Balaban J connectivity index is 1.55. The quantitative estimate of drug-likeness (QED) is 0.378. The summed E-state index contributed by atoms with van der Waals surface area (Å²) in [5, 5.41) is 9.14. The van der Waals surface area contributed by atoms with Gasteiger partial charge in [0, 0.05) is 61.2 Å². The third kappa shape index (κ3) is 5.02. The molecule has 1 aromatic carbocycles. The topological polar surface area (TPSA) is 100 Å². The van der Waals surface area contributed by atoms with Crippen molar-refractivity contribution in [2.75, 3.05) is 38.2 Å². The van der Waals surface area contributed by atoms with Gasteiger partial charge in [-0.2, -0.15) is 0 Å². The molecule has 1 saturated heterocycles. The average Bonchev–Trinajstić information content (AvgIpc) is 3.25. The minimum atomic E-state index is -2.73. The van der Waals surface area contributed by atoms with Gasteiger partial charge in [0.25, 0.3) is 5.91 Å². The number of H-pyrrole nitrogens is 1. The van der Waals surface area contributed by atoms with Crippen molar-refractivity contribution in [3.05, 3.63) is 59.3 Å². The van der Waals surface area contributed by atoms with Crippen LogP contribution in [0, 0.1) is 5.82 Å². The fourth-order valence-corrected chi connectivity index (χ4v) is 4.49. The maximum absolute atomic E-state index is 14.5. The van der Waals surface area contributed by atoms with E-state index in [9.17, 15) is 18.0 Å². The predicted octanol–water partition coefficient (Wildman–Crippen LogP) is 3.42. The molecule has 0 spiro atoms. The van der Waals surface area contributed by atoms with Crippen LogP contribution >= 0.6 is 0 Å². The Morgan fingerprint density at radius 1 is 1.25 bits per heavy atom. The normalized spacial score (nSPS) is 17.6. The van der Waals surface area contributed by atoms with Crippen LogP contribution < -0.4 is 20.7 Å². The molecule has 0 saturated carbocycles. The molecule has 11 heteroatoms. The van der Waals surface area contributed by atoms with Gasteiger partial charge in [0.15, 0.2) is 0 Å². The van der Waals surface area contributed by atoms with Crippen molar-refractivity contribution in [1.29, 1.82) is 0 Å². The lowest BCUT2D eigenvalue weighted by atomic mass is 10.0. The summed E-state index contributed by atoms with van der Waals surface area (Å²) in [6.07, 6.45) is 0.0842. The van der Waals surface area contributed by atoms with Crippen LogP contribution in [-0.4, -0.2) is 61.3 Å². The summed E-state index contributed by atoms with van der Waals surface area (Å²) in [4.78, 5) is 20.3. The Bertz CT molecular complexity index is 1240. The zero-order valence-electron chi connectivity index (χ0n) is 19.4. The van der Waals surface area contributed by atoms with Gasteiger partial charge in [0.05, 0.1) is 29.7 Å². The second kappa shape index (κ2) is 10.6. The number of carbonyl (C=O) groups excluding carboxylic acids is 1. The van der Waals surface area contributed by atoms with E-state index < -0.39 is 18.7 Å². The molecule has 1 amide bonds. The van der Waals surface area contributed by atoms with Gasteiger partial charge in [-0.05, 0) is 18.2 Å². The van der Waals surface area contributed by atoms with Crippen molar-refractivity contribution in [2.24, 2.45) is 0 Å². The summed E-state index contributed by atoms with van der Waals surface area (Å²) >= 11 is 0. The van der Waals surface area contributed by atoms with Crippen LogP contribution in [0.2, 0.25) is 0 Å². The molecule has 36 heavy (non-hydrogen) atoms. The van der Waals surface area contributed by atoms with Crippen molar-refractivity contribution in [2.45, 2.75) is 25.4 Å². The Kier molecular flexibility index (Phi) is 7.10. The Morgan fingerprint density at radius 2 is 2.14 bits per heavy atom. The second-order valence-electron chi connectivity index (χ2n) is 8.60. The van der Waals surface area contributed by atoms with Crippen LogP contribution in [-0.2, 0) is 17.6 Å². The zero-order chi connectivity index (χ0) is 25.1. The summed E-state index contributed by atoms with van der Waals surface area (Å²) < 4.78 is 52.7. The molecule has 1 fully saturated rings. The highest BCUT2D eigenvalue weighted by Gasteiger charge is 2.29. The Hall–Kier alpha value is -3.57. The number of alkyl halides is 2. The van der Waals surface area contributed by atoms with E-state index >= 15 is 0 Å². The first kappa shape index (κ1) is 24.1. The minimum absolute atomic E-state index is 0.128. The fraction of sp³-hybridized carbons (Fsp3) is 0.360. The monoisotopic (exact) mass is 501 g/mol. The number of hydrogen-bond acceptors (Lipinski definition) is 6. The molecule has 3 aromatic rings. The van der Waals surface area contributed by atoms with Gasteiger partial charge in [-0.1, -0.05) is 6.07 Å². The number of rotatable bonds is 8. The van der Waals surface area contributed by atoms with E-state index in [0.717, 1.165) is 12.6 Å². The molecule has 1 atom stereocenters. The summed E-state index contributed by atoms with van der Waals surface area (Å²) in [5.41, 5.74) is 2.54. The maximum atomic E-state index is 14.5. The lowest BCUT2D eigenvalue weighted by molar-refractivity contribution is 0.000245. The third-order valence-corrected chi connectivity index (χ3v) is 6.19. The standard InChI is InChI=1S/C25H26F3N5O3/c26-17-2-1-3-18(16(17)10-21(27)28)32-24-22-19(5-7-31-25(22)34)33-23(24)15-4-6-29-12-20(15)36-13-14-11-30-8-9-35-14/h1-4,6,12,14,21,30,32-33H,5,7-11,13H2,(H,31,34)/t14-/m0/s1. The predicted molar refractivity (Wildman–Crippen MR) is 128 cm³/mol. The van der Waals surface area contributed by atoms with Crippen molar-refractivity contribution >= 4 is 17.3 Å². The van der Waals surface area contributed by atoms with Crippen LogP contribution in [0.15, 0.2) is 36.7 Å². The molecular weight excluding hydrogens is 475 g/mol. The maximum Gasteiger partial charge on any atom is 0.255 e. The van der Waals surface area contributed by atoms with E-state index in [0.29, 0.717) is 60.1 Å². The first-order valence-electron chi connectivity index (χ1n) is 11.8. The highest BCUT2D eigenvalue weighted by molar-refractivity contribution is 6.06. The molecule has 2 aliphatic rings. The Labute approximate surface area is 205 Å². The SMILES string of the molecule is O=C1NCCc2[nH]c(-c3ccncc3OC[C@@H]3CNCCO3)c(Nc3cccc(F)c3CC(F)F)c21. The molecule has 5 rings (SSSR count). The van der Waals surface area contributed by atoms with E-state index in [1.165, 1.54) is 12.1 Å². The number of anilines is 2. The van der Waals surface area contributed by atoms with E-state index in [1.807, 2.05) is 0 Å². The molecule has 2 aliphatic heterocycles. The van der Waals surface area contributed by atoms with Gasteiger partial charge in [0.2, 0.25) is 6.43 Å². The number of halogens is 3. The number of nitrogens with zero attached hydrogens (tertiary/aromatic N) is 1. The van der Waals surface area contributed by atoms with Crippen molar-refractivity contribution in [1.82, 2.24) is 20.6 Å². The molecule has 0 unspecified atom stereocenters. The Morgan fingerprint density at radius 3 is 2.94 bits per heavy atom. The lowest BCUT2D eigenvalue weighted by Gasteiger charge is -2.24. The average molecular weight is 502 g/mol. The molecular formula is C25H26F3N5O3. The minimum Gasteiger partial charge on any atom is -0.488 e. The van der Waals surface area contributed by atoms with Crippen molar-refractivity contribution in [3.8, 4) is 17.0 Å². The number of hydrogen-bond donors (Lipinski definition) is 4. The number of aromatic nitrogens is 2. The molecule has 190 valence electrons. The smallest absolute Gasteiger partial charge is 0.255 e. The number of pyridine rings is 1. The fourth-order valence-electron chi connectivity index (χ4n) is 4.49. The molecule has 0 aliphatic carbocycles. The van der Waals surface area contributed by atoms with Crippen molar-refractivity contribution < 1.29 is 27.4 Å². The number of carbonyl (C=O) groups is 1. The van der Waals surface area contributed by atoms with E-state index in [1.54, 1.807) is 18.5 Å². The first-order chi connectivity index (χ1) is 17.5. The van der Waals surface area contributed by atoms with Gasteiger partial charge in [0.1, 0.15) is 24.3 Å².